The van der Waals surface area contributed by atoms with Gasteiger partial charge in [0.15, 0.2) is 6.29 Å². The lowest BCUT2D eigenvalue weighted by Crippen LogP contribution is -2.01. The zero-order valence-corrected chi connectivity index (χ0v) is 11.0. The summed E-state index contributed by atoms with van der Waals surface area (Å²) in [7, 11) is 0. The summed E-state index contributed by atoms with van der Waals surface area (Å²) in [5.74, 6) is -0.162. The number of benzene rings is 2. The maximum absolute atomic E-state index is 13.2. The molecule has 20 heavy (non-hydrogen) atoms. The normalized spacial score (nSPS) is 9.85. The first-order valence-electron chi connectivity index (χ1n) is 5.70. The molecule has 100 valence electrons. The minimum Gasteiger partial charge on any atom is -0.488 e. The molecule has 0 bridgehead atoms. The van der Waals surface area contributed by atoms with Gasteiger partial charge in [-0.3, -0.25) is 4.79 Å². The molecule has 0 saturated carbocycles. The van der Waals surface area contributed by atoms with Crippen LogP contribution in [0.5, 0.6) is 5.75 Å². The van der Waals surface area contributed by atoms with Crippen molar-refractivity contribution in [1.29, 1.82) is 5.26 Å². The number of ether oxygens (including phenoxy) is 1. The Balaban J connectivity index is 2.26. The predicted octanol–water partition coefficient (Wildman–Crippen LogP) is 3.74. The van der Waals surface area contributed by atoms with Crippen LogP contribution >= 0.6 is 11.6 Å². The number of halogens is 2. The van der Waals surface area contributed by atoms with Crippen LogP contribution in [0.4, 0.5) is 4.39 Å². The molecule has 2 aromatic carbocycles. The molecule has 2 rings (SSSR count). The zero-order valence-electron chi connectivity index (χ0n) is 10.3. The van der Waals surface area contributed by atoms with Gasteiger partial charge in [0.2, 0.25) is 0 Å². The minimum atomic E-state index is -0.454. The van der Waals surface area contributed by atoms with Crippen molar-refractivity contribution in [3.63, 3.8) is 0 Å². The quantitative estimate of drug-likeness (QED) is 0.806. The van der Waals surface area contributed by atoms with E-state index in [-0.39, 0.29) is 17.2 Å². The highest BCUT2D eigenvalue weighted by Crippen LogP contribution is 2.25. The summed E-state index contributed by atoms with van der Waals surface area (Å²) in [4.78, 5) is 11.0. The molecular formula is C15H9ClFNO2. The number of hydrogen-bond donors (Lipinski definition) is 0. The van der Waals surface area contributed by atoms with Crippen molar-refractivity contribution in [1.82, 2.24) is 0 Å². The fourth-order valence-corrected chi connectivity index (χ4v) is 1.91. The van der Waals surface area contributed by atoms with E-state index >= 15 is 0 Å². The summed E-state index contributed by atoms with van der Waals surface area (Å²) in [6.45, 7) is -0.0260. The molecule has 0 saturated heterocycles. The summed E-state index contributed by atoms with van der Waals surface area (Å²) in [6, 6.07) is 10.6. The average molecular weight is 290 g/mol. The maximum Gasteiger partial charge on any atom is 0.155 e. The van der Waals surface area contributed by atoms with Crippen LogP contribution in [0.25, 0.3) is 0 Å². The van der Waals surface area contributed by atoms with Gasteiger partial charge in [0, 0.05) is 5.56 Å². The first-order chi connectivity index (χ1) is 9.65. The Morgan fingerprint density at radius 1 is 1.35 bits per heavy atom. The summed E-state index contributed by atoms with van der Waals surface area (Å²) in [5, 5.41) is 9.22. The van der Waals surface area contributed by atoms with Crippen molar-refractivity contribution in [2.45, 2.75) is 6.61 Å². The van der Waals surface area contributed by atoms with E-state index in [1.165, 1.54) is 18.2 Å². The fourth-order valence-electron chi connectivity index (χ4n) is 1.70. The molecule has 0 heterocycles. The van der Waals surface area contributed by atoms with Crippen molar-refractivity contribution in [2.24, 2.45) is 0 Å². The average Bonchev–Trinajstić information content (AvgIpc) is 2.45. The van der Waals surface area contributed by atoms with Crippen LogP contribution in [0, 0.1) is 17.1 Å². The summed E-state index contributed by atoms with van der Waals surface area (Å²) >= 11 is 5.87. The van der Waals surface area contributed by atoms with E-state index in [1.807, 2.05) is 6.07 Å². The van der Waals surface area contributed by atoms with Gasteiger partial charge in [0.25, 0.3) is 0 Å². The Bertz CT molecular complexity index is 695. The summed E-state index contributed by atoms with van der Waals surface area (Å²) in [5.41, 5.74) is 0.953. The molecule has 0 radical (unpaired) electrons. The number of nitrogens with zero attached hydrogens (tertiary/aromatic N) is 1. The second-order valence-corrected chi connectivity index (χ2v) is 4.38. The SMILES string of the molecule is N#Cc1ccc(F)cc1COc1cccc(Cl)c1C=O. The topological polar surface area (TPSA) is 50.1 Å². The number of rotatable bonds is 4. The molecule has 3 nitrogen and oxygen atoms in total. The molecule has 0 amide bonds. The standard InChI is InChI=1S/C15H9ClFNO2/c16-14-2-1-3-15(13(14)8-19)20-9-11-6-12(17)5-4-10(11)7-18/h1-6,8H,9H2. The lowest BCUT2D eigenvalue weighted by atomic mass is 10.1. The van der Waals surface area contributed by atoms with Crippen molar-refractivity contribution < 1.29 is 13.9 Å². The highest BCUT2D eigenvalue weighted by atomic mass is 35.5. The molecule has 0 spiro atoms. The largest absolute Gasteiger partial charge is 0.488 e. The van der Waals surface area contributed by atoms with Gasteiger partial charge in [0.05, 0.1) is 22.2 Å². The Kier molecular flexibility index (Phi) is 4.34. The molecule has 0 aliphatic heterocycles. The molecule has 0 aromatic heterocycles. The lowest BCUT2D eigenvalue weighted by Gasteiger charge is -2.10. The van der Waals surface area contributed by atoms with Crippen molar-refractivity contribution >= 4 is 17.9 Å². The smallest absolute Gasteiger partial charge is 0.155 e. The number of nitriles is 1. The van der Waals surface area contributed by atoms with Crippen LogP contribution in [0.2, 0.25) is 5.02 Å². The molecule has 0 fully saturated rings. The third kappa shape index (κ3) is 2.95. The Morgan fingerprint density at radius 3 is 2.85 bits per heavy atom. The predicted molar refractivity (Wildman–Crippen MR) is 72.3 cm³/mol. The Hall–Kier alpha value is -2.38. The first-order valence-corrected chi connectivity index (χ1v) is 6.08. The second-order valence-electron chi connectivity index (χ2n) is 3.97. The summed E-state index contributed by atoms with van der Waals surface area (Å²) in [6.07, 6.45) is 0.592. The van der Waals surface area contributed by atoms with Gasteiger partial charge in [0.1, 0.15) is 18.2 Å². The molecular weight excluding hydrogens is 281 g/mol. The highest BCUT2D eigenvalue weighted by molar-refractivity contribution is 6.33. The van der Waals surface area contributed by atoms with E-state index in [9.17, 15) is 9.18 Å². The van der Waals surface area contributed by atoms with Crippen LogP contribution < -0.4 is 4.74 Å². The van der Waals surface area contributed by atoms with E-state index in [0.29, 0.717) is 23.2 Å². The Morgan fingerprint density at radius 2 is 2.15 bits per heavy atom. The number of hydrogen-bond acceptors (Lipinski definition) is 3. The van der Waals surface area contributed by atoms with Gasteiger partial charge in [-0.05, 0) is 30.3 Å². The molecule has 0 unspecified atom stereocenters. The van der Waals surface area contributed by atoms with Crippen molar-refractivity contribution in [3.05, 3.63) is 63.9 Å². The van der Waals surface area contributed by atoms with E-state index in [2.05, 4.69) is 0 Å². The minimum absolute atomic E-state index is 0.0260. The number of aldehydes is 1. The van der Waals surface area contributed by atoms with Gasteiger partial charge in [-0.1, -0.05) is 17.7 Å². The first kappa shape index (κ1) is 14.0. The fraction of sp³-hybridized carbons (Fsp3) is 0.0667. The number of carbonyl (C=O) groups excluding carboxylic acids is 1. The van der Waals surface area contributed by atoms with Gasteiger partial charge in [-0.15, -0.1) is 0 Å². The molecule has 2 aromatic rings. The summed E-state index contributed by atoms with van der Waals surface area (Å²) < 4.78 is 18.6. The highest BCUT2D eigenvalue weighted by Gasteiger charge is 2.09. The molecule has 0 atom stereocenters. The monoisotopic (exact) mass is 289 g/mol. The van der Waals surface area contributed by atoms with Crippen LogP contribution in [0.15, 0.2) is 36.4 Å². The van der Waals surface area contributed by atoms with Crippen LogP contribution in [0.1, 0.15) is 21.5 Å². The third-order valence-corrected chi connectivity index (χ3v) is 3.03. The lowest BCUT2D eigenvalue weighted by molar-refractivity contribution is 0.111. The Labute approximate surface area is 120 Å². The van der Waals surface area contributed by atoms with Crippen molar-refractivity contribution in [2.75, 3.05) is 0 Å². The van der Waals surface area contributed by atoms with Crippen LogP contribution in [0.3, 0.4) is 0 Å². The van der Waals surface area contributed by atoms with Gasteiger partial charge in [-0.25, -0.2) is 4.39 Å². The van der Waals surface area contributed by atoms with Crippen molar-refractivity contribution in [3.8, 4) is 11.8 Å². The van der Waals surface area contributed by atoms with Crippen LogP contribution in [-0.2, 0) is 6.61 Å². The second kappa shape index (κ2) is 6.18. The van der Waals surface area contributed by atoms with Gasteiger partial charge in [-0.2, -0.15) is 5.26 Å². The van der Waals surface area contributed by atoms with Crippen LogP contribution in [-0.4, -0.2) is 6.29 Å². The van der Waals surface area contributed by atoms with E-state index in [0.717, 1.165) is 0 Å². The molecule has 0 N–H and O–H groups in total. The molecule has 5 heteroatoms. The number of carbonyl (C=O) groups is 1. The van der Waals surface area contributed by atoms with Gasteiger partial charge >= 0.3 is 0 Å². The van der Waals surface area contributed by atoms with E-state index in [1.54, 1.807) is 18.2 Å². The van der Waals surface area contributed by atoms with E-state index < -0.39 is 5.82 Å². The molecule has 0 aliphatic rings. The zero-order chi connectivity index (χ0) is 14.5. The third-order valence-electron chi connectivity index (χ3n) is 2.70. The molecule has 0 aliphatic carbocycles. The van der Waals surface area contributed by atoms with Gasteiger partial charge < -0.3 is 4.74 Å². The maximum atomic E-state index is 13.2. The van der Waals surface area contributed by atoms with E-state index in [4.69, 9.17) is 21.6 Å².